The second kappa shape index (κ2) is 8.02. The van der Waals surface area contributed by atoms with Crippen LogP contribution in [0.3, 0.4) is 0 Å². The number of aromatic carboxylic acids is 1. The number of carboxylic acid groups (broad SMARTS) is 1. The highest BCUT2D eigenvalue weighted by atomic mass is 35.5. The van der Waals surface area contributed by atoms with E-state index in [1.165, 1.54) is 6.07 Å². The smallest absolute Gasteiger partial charge is 0.339 e. The van der Waals surface area contributed by atoms with Crippen LogP contribution in [0.25, 0.3) is 0 Å². The van der Waals surface area contributed by atoms with Gasteiger partial charge in [-0.15, -0.1) is 0 Å². The molecule has 0 bridgehead atoms. The van der Waals surface area contributed by atoms with Gasteiger partial charge in [-0.1, -0.05) is 30.7 Å². The van der Waals surface area contributed by atoms with E-state index in [4.69, 9.17) is 21.1 Å². The Hall–Kier alpha value is -2.27. The molecule has 6 heteroatoms. The van der Waals surface area contributed by atoms with Gasteiger partial charge in [0.25, 0.3) is 0 Å². The zero-order chi connectivity index (χ0) is 17.7. The maximum Gasteiger partial charge on any atom is 0.339 e. The number of halogens is 1. The molecule has 2 rings (SSSR count). The molecule has 1 atom stereocenters. The number of amides is 1. The molecule has 0 radical (unpaired) electrons. The Bertz CT molecular complexity index is 721. The summed E-state index contributed by atoms with van der Waals surface area (Å²) in [5.41, 5.74) is 1.25. The number of furan rings is 1. The predicted octanol–water partition coefficient (Wildman–Crippen LogP) is 3.82. The molecule has 2 N–H and O–H groups in total. The summed E-state index contributed by atoms with van der Waals surface area (Å²) in [5.74, 6) is -0.182. The van der Waals surface area contributed by atoms with Crippen molar-refractivity contribution in [2.45, 2.75) is 33.2 Å². The summed E-state index contributed by atoms with van der Waals surface area (Å²) in [6.07, 6.45) is 1.17. The van der Waals surface area contributed by atoms with Gasteiger partial charge < -0.3 is 14.8 Å². The SMILES string of the molecule is Cc1oc(CNC(=O)CC(C)Cc2ccc(Cl)cc2)cc1C(=O)O. The quantitative estimate of drug-likeness (QED) is 0.796. The number of carbonyl (C=O) groups is 2. The molecular formula is C18H20ClNO4. The van der Waals surface area contributed by atoms with Crippen LogP contribution in [0.2, 0.25) is 5.02 Å². The molecule has 1 unspecified atom stereocenters. The summed E-state index contributed by atoms with van der Waals surface area (Å²) in [6, 6.07) is 9.02. The number of nitrogens with one attached hydrogen (secondary N) is 1. The topological polar surface area (TPSA) is 79.5 Å². The normalized spacial score (nSPS) is 12.0. The minimum absolute atomic E-state index is 0.0950. The Morgan fingerprint density at radius 1 is 1.29 bits per heavy atom. The molecule has 24 heavy (non-hydrogen) atoms. The lowest BCUT2D eigenvalue weighted by Crippen LogP contribution is -2.24. The van der Waals surface area contributed by atoms with Crippen molar-refractivity contribution in [2.24, 2.45) is 5.92 Å². The van der Waals surface area contributed by atoms with Crippen LogP contribution in [0.15, 0.2) is 34.7 Å². The van der Waals surface area contributed by atoms with Crippen molar-refractivity contribution in [2.75, 3.05) is 0 Å². The third-order valence-electron chi connectivity index (χ3n) is 3.69. The van der Waals surface area contributed by atoms with Crippen LogP contribution in [0.5, 0.6) is 0 Å². The van der Waals surface area contributed by atoms with E-state index in [-0.39, 0.29) is 23.9 Å². The number of benzene rings is 1. The van der Waals surface area contributed by atoms with Gasteiger partial charge in [-0.25, -0.2) is 4.79 Å². The number of hydrogen-bond donors (Lipinski definition) is 2. The van der Waals surface area contributed by atoms with Crippen LogP contribution in [0, 0.1) is 12.8 Å². The molecule has 128 valence electrons. The molecule has 0 aliphatic heterocycles. The van der Waals surface area contributed by atoms with Gasteiger partial charge in [0, 0.05) is 11.4 Å². The Labute approximate surface area is 145 Å². The monoisotopic (exact) mass is 349 g/mol. The molecule has 0 saturated carbocycles. The van der Waals surface area contributed by atoms with Crippen LogP contribution in [-0.4, -0.2) is 17.0 Å². The van der Waals surface area contributed by atoms with Crippen molar-refractivity contribution in [3.05, 3.63) is 58.0 Å². The molecule has 1 amide bonds. The van der Waals surface area contributed by atoms with Gasteiger partial charge >= 0.3 is 5.97 Å². The molecule has 0 aliphatic rings. The molecule has 1 aromatic carbocycles. The lowest BCUT2D eigenvalue weighted by molar-refractivity contribution is -0.122. The number of rotatable bonds is 7. The van der Waals surface area contributed by atoms with Crippen molar-refractivity contribution in [3.63, 3.8) is 0 Å². The number of aryl methyl sites for hydroxylation is 1. The highest BCUT2D eigenvalue weighted by Gasteiger charge is 2.15. The maximum atomic E-state index is 12.0. The highest BCUT2D eigenvalue weighted by molar-refractivity contribution is 6.30. The molecule has 0 spiro atoms. The highest BCUT2D eigenvalue weighted by Crippen LogP contribution is 2.16. The average Bonchev–Trinajstić information content (AvgIpc) is 2.89. The van der Waals surface area contributed by atoms with Crippen LogP contribution in [0.4, 0.5) is 0 Å². The van der Waals surface area contributed by atoms with Gasteiger partial charge in [0.2, 0.25) is 5.91 Å². The fourth-order valence-corrected chi connectivity index (χ4v) is 2.64. The van der Waals surface area contributed by atoms with E-state index in [2.05, 4.69) is 5.32 Å². The zero-order valence-corrected chi connectivity index (χ0v) is 14.4. The molecule has 5 nitrogen and oxygen atoms in total. The maximum absolute atomic E-state index is 12.0. The molecule has 2 aromatic rings. The van der Waals surface area contributed by atoms with E-state index in [1.807, 2.05) is 31.2 Å². The zero-order valence-electron chi connectivity index (χ0n) is 13.6. The van der Waals surface area contributed by atoms with E-state index < -0.39 is 5.97 Å². The Kier molecular flexibility index (Phi) is 6.04. The van der Waals surface area contributed by atoms with Gasteiger partial charge in [0.1, 0.15) is 17.1 Å². The van der Waals surface area contributed by atoms with Crippen molar-refractivity contribution in [3.8, 4) is 0 Å². The van der Waals surface area contributed by atoms with Crippen molar-refractivity contribution in [1.82, 2.24) is 5.32 Å². The molecule has 1 aromatic heterocycles. The first-order valence-corrected chi connectivity index (χ1v) is 8.06. The fraction of sp³-hybridized carbons (Fsp3) is 0.333. The van der Waals surface area contributed by atoms with Crippen LogP contribution < -0.4 is 5.32 Å². The first-order chi connectivity index (χ1) is 11.3. The first kappa shape index (κ1) is 18.1. The fourth-order valence-electron chi connectivity index (χ4n) is 2.51. The van der Waals surface area contributed by atoms with E-state index in [0.717, 1.165) is 12.0 Å². The number of carbonyl (C=O) groups excluding carboxylic acids is 1. The summed E-state index contributed by atoms with van der Waals surface area (Å²) in [6.45, 7) is 3.78. The Morgan fingerprint density at radius 3 is 2.54 bits per heavy atom. The molecular weight excluding hydrogens is 330 g/mol. The summed E-state index contributed by atoms with van der Waals surface area (Å²) in [5, 5.41) is 12.4. The largest absolute Gasteiger partial charge is 0.478 e. The molecule has 1 heterocycles. The van der Waals surface area contributed by atoms with E-state index in [9.17, 15) is 9.59 Å². The Morgan fingerprint density at radius 2 is 1.96 bits per heavy atom. The van der Waals surface area contributed by atoms with Crippen molar-refractivity contribution in [1.29, 1.82) is 0 Å². The summed E-state index contributed by atoms with van der Waals surface area (Å²) in [4.78, 5) is 23.0. The van der Waals surface area contributed by atoms with Gasteiger partial charge in [0.15, 0.2) is 0 Å². The lowest BCUT2D eigenvalue weighted by Gasteiger charge is -2.11. The van der Waals surface area contributed by atoms with E-state index in [0.29, 0.717) is 23.0 Å². The Balaban J connectivity index is 1.81. The lowest BCUT2D eigenvalue weighted by atomic mass is 9.98. The van der Waals surface area contributed by atoms with Gasteiger partial charge in [-0.3, -0.25) is 4.79 Å². The molecule has 0 saturated heterocycles. The van der Waals surface area contributed by atoms with Crippen LogP contribution >= 0.6 is 11.6 Å². The van der Waals surface area contributed by atoms with Crippen molar-refractivity contribution >= 4 is 23.5 Å². The summed E-state index contributed by atoms with van der Waals surface area (Å²) < 4.78 is 5.33. The first-order valence-electron chi connectivity index (χ1n) is 7.69. The molecule has 0 aliphatic carbocycles. The van der Waals surface area contributed by atoms with Crippen molar-refractivity contribution < 1.29 is 19.1 Å². The van der Waals surface area contributed by atoms with Gasteiger partial charge in [-0.2, -0.15) is 0 Å². The minimum atomic E-state index is -1.04. The predicted molar refractivity (Wildman–Crippen MR) is 91.2 cm³/mol. The summed E-state index contributed by atoms with van der Waals surface area (Å²) >= 11 is 5.85. The summed E-state index contributed by atoms with van der Waals surface area (Å²) in [7, 11) is 0. The van der Waals surface area contributed by atoms with Gasteiger partial charge in [-0.05, 0) is 43.0 Å². The van der Waals surface area contributed by atoms with E-state index >= 15 is 0 Å². The van der Waals surface area contributed by atoms with Crippen LogP contribution in [0.1, 0.15) is 40.8 Å². The molecule has 0 fully saturated rings. The third-order valence-corrected chi connectivity index (χ3v) is 3.94. The standard InChI is InChI=1S/C18H20ClNO4/c1-11(7-13-3-5-14(19)6-4-13)8-17(21)20-10-15-9-16(18(22)23)12(2)24-15/h3-6,9,11H,7-8,10H2,1-2H3,(H,20,21)(H,22,23). The van der Waals surface area contributed by atoms with Gasteiger partial charge in [0.05, 0.1) is 6.54 Å². The van der Waals surface area contributed by atoms with Crippen LogP contribution in [-0.2, 0) is 17.8 Å². The second-order valence-electron chi connectivity index (χ2n) is 5.90. The average molecular weight is 350 g/mol. The third kappa shape index (κ3) is 5.13. The minimum Gasteiger partial charge on any atom is -0.478 e. The number of carboxylic acids is 1. The number of hydrogen-bond acceptors (Lipinski definition) is 3. The van der Waals surface area contributed by atoms with E-state index in [1.54, 1.807) is 6.92 Å². The second-order valence-corrected chi connectivity index (χ2v) is 6.34.